The van der Waals surface area contributed by atoms with E-state index < -0.39 is 10.3 Å². The molecule has 0 bridgehead atoms. The smallest absolute Gasteiger partial charge is 0.365 e. The molecule has 0 spiro atoms. The van der Waals surface area contributed by atoms with Crippen molar-refractivity contribution in [3.05, 3.63) is 40.5 Å². The summed E-state index contributed by atoms with van der Waals surface area (Å²) in [6.07, 6.45) is 10.7. The van der Waals surface area contributed by atoms with Gasteiger partial charge in [-0.05, 0) is 60.6 Å². The summed E-state index contributed by atoms with van der Waals surface area (Å²) in [5.74, 6) is 0.939. The molecule has 0 aromatic heterocycles. The zero-order chi connectivity index (χ0) is 16.9. The number of hydrogen-bond acceptors (Lipinski definition) is 3. The molecule has 0 unspecified atom stereocenters. The lowest BCUT2D eigenvalue weighted by atomic mass is 9.64. The maximum absolute atomic E-state index is 11.5. The van der Waals surface area contributed by atoms with E-state index in [-0.39, 0.29) is 5.41 Å². The first-order chi connectivity index (χ1) is 11.4. The van der Waals surface area contributed by atoms with Gasteiger partial charge < -0.3 is 4.18 Å². The van der Waals surface area contributed by atoms with E-state index in [1.165, 1.54) is 36.6 Å². The van der Waals surface area contributed by atoms with Crippen molar-refractivity contribution in [1.82, 2.24) is 0 Å². The Kier molecular flexibility index (Phi) is 3.60. The summed E-state index contributed by atoms with van der Waals surface area (Å²) < 4.78 is 31.7. The molecule has 1 fully saturated rings. The summed E-state index contributed by atoms with van der Waals surface area (Å²) in [6.45, 7) is 4.63. The van der Waals surface area contributed by atoms with Crippen molar-refractivity contribution in [2.45, 2.75) is 58.3 Å². The first kappa shape index (κ1) is 15.9. The number of allylic oxidation sites excluding steroid dienone is 2. The van der Waals surface area contributed by atoms with E-state index in [0.717, 1.165) is 24.8 Å². The van der Waals surface area contributed by atoms with Crippen molar-refractivity contribution in [1.29, 1.82) is 0 Å². The number of benzene rings is 1. The average molecular weight is 345 g/mol. The average Bonchev–Trinajstić information content (AvgIpc) is 2.88. The molecule has 1 saturated carbocycles. The van der Waals surface area contributed by atoms with E-state index in [1.54, 1.807) is 11.6 Å². The zero-order valence-electron chi connectivity index (χ0n) is 14.2. The number of rotatable bonds is 2. The van der Waals surface area contributed by atoms with Crippen molar-refractivity contribution in [2.75, 3.05) is 0 Å². The van der Waals surface area contributed by atoms with E-state index in [9.17, 15) is 8.42 Å². The lowest BCUT2D eigenvalue weighted by Gasteiger charge is -2.40. The third kappa shape index (κ3) is 2.32. The highest BCUT2D eigenvalue weighted by Gasteiger charge is 2.46. The predicted octanol–water partition coefficient (Wildman–Crippen LogP) is 4.30. The summed E-state index contributed by atoms with van der Waals surface area (Å²) in [5.41, 5.74) is 5.30. The minimum atomic E-state index is -3.81. The number of hydrogen-bond donors (Lipinski definition) is 0. The number of nitrogens with zero attached hydrogens (tertiary/aromatic N) is 1. The third-order valence-corrected chi connectivity index (χ3v) is 6.77. The van der Waals surface area contributed by atoms with Gasteiger partial charge in [-0.25, -0.2) is 0 Å². The summed E-state index contributed by atoms with van der Waals surface area (Å²) in [5, 5.41) is 0. The molecule has 4 nitrogen and oxygen atoms in total. The van der Waals surface area contributed by atoms with Gasteiger partial charge in [0.1, 0.15) is 0 Å². The van der Waals surface area contributed by atoms with Crippen molar-refractivity contribution < 1.29 is 12.6 Å². The van der Waals surface area contributed by atoms with E-state index in [4.69, 9.17) is 4.18 Å². The Morgan fingerprint density at radius 2 is 2.21 bits per heavy atom. The third-order valence-electron chi connectivity index (χ3n) is 6.01. The van der Waals surface area contributed by atoms with Gasteiger partial charge in [-0.1, -0.05) is 38.0 Å². The van der Waals surface area contributed by atoms with E-state index in [2.05, 4.69) is 30.4 Å². The van der Waals surface area contributed by atoms with E-state index >= 15 is 0 Å². The van der Waals surface area contributed by atoms with Crippen LogP contribution in [0.25, 0.3) is 0 Å². The topological polar surface area (TPSA) is 55.7 Å². The summed E-state index contributed by atoms with van der Waals surface area (Å²) in [7, 11) is -3.81. The van der Waals surface area contributed by atoms with Gasteiger partial charge in [0.25, 0.3) is 0 Å². The van der Waals surface area contributed by atoms with E-state index in [1.807, 2.05) is 0 Å². The number of unbranched alkanes of at least 4 members (excludes halogenated alkanes) is 1. The van der Waals surface area contributed by atoms with Gasteiger partial charge >= 0.3 is 10.3 Å². The van der Waals surface area contributed by atoms with Crippen LogP contribution in [0.4, 0.5) is 0 Å². The maximum atomic E-state index is 11.5. The van der Waals surface area contributed by atoms with Crippen LogP contribution in [0.3, 0.4) is 0 Å². The molecule has 1 aromatic rings. The molecule has 1 aliphatic heterocycles. The Labute approximate surface area is 143 Å². The second-order valence-electron chi connectivity index (χ2n) is 7.32. The molecule has 24 heavy (non-hydrogen) atoms. The van der Waals surface area contributed by atoms with Crippen LogP contribution in [-0.4, -0.2) is 14.6 Å². The van der Waals surface area contributed by atoms with Gasteiger partial charge in [0.05, 0.1) is 6.21 Å². The predicted molar refractivity (Wildman–Crippen MR) is 95.0 cm³/mol. The molecule has 0 saturated heterocycles. The molecule has 4 rings (SSSR count). The van der Waals surface area contributed by atoms with Crippen LogP contribution in [0.5, 0.6) is 5.75 Å². The van der Waals surface area contributed by atoms with Gasteiger partial charge in [0, 0.05) is 5.56 Å². The molecule has 128 valence electrons. The minimum absolute atomic E-state index is 0.245. The van der Waals surface area contributed by atoms with Crippen LogP contribution < -0.4 is 4.18 Å². The second-order valence-corrected chi connectivity index (χ2v) is 8.55. The standard InChI is InChI=1S/C19H23NO3S/c1-3-4-5-13-6-8-17-15-7-9-18-16(12-20-24(21,22)23-18)14(15)10-11-19(13,17)2/h5,7,9,12,17H,3-4,6,8,10-11H2,1-2H3/b13-5-/t17-,19+/m0/s1. The van der Waals surface area contributed by atoms with Crippen LogP contribution >= 0.6 is 0 Å². The van der Waals surface area contributed by atoms with Crippen molar-refractivity contribution >= 4 is 16.5 Å². The lowest BCUT2D eigenvalue weighted by Crippen LogP contribution is -2.29. The molecule has 2 aliphatic carbocycles. The quantitative estimate of drug-likeness (QED) is 0.751. The summed E-state index contributed by atoms with van der Waals surface area (Å²) in [4.78, 5) is 0. The van der Waals surface area contributed by atoms with Crippen molar-refractivity contribution in [3.63, 3.8) is 0 Å². The maximum Gasteiger partial charge on any atom is 0.428 e. The molecule has 2 atom stereocenters. The van der Waals surface area contributed by atoms with Gasteiger partial charge in [-0.3, -0.25) is 0 Å². The first-order valence-electron chi connectivity index (χ1n) is 8.79. The largest absolute Gasteiger partial charge is 0.428 e. The fourth-order valence-electron chi connectivity index (χ4n) is 4.73. The lowest BCUT2D eigenvalue weighted by molar-refractivity contribution is 0.305. The summed E-state index contributed by atoms with van der Waals surface area (Å²) in [6, 6.07) is 3.88. The van der Waals surface area contributed by atoms with Crippen LogP contribution in [0.2, 0.25) is 0 Å². The molecule has 3 aliphatic rings. The minimum Gasteiger partial charge on any atom is -0.365 e. The fourth-order valence-corrected chi connectivity index (χ4v) is 5.38. The van der Waals surface area contributed by atoms with Crippen molar-refractivity contribution in [2.24, 2.45) is 9.81 Å². The normalized spacial score (nSPS) is 31.2. The Balaban J connectivity index is 1.77. The Bertz CT molecular complexity index is 854. The molecule has 1 aromatic carbocycles. The summed E-state index contributed by atoms with van der Waals surface area (Å²) >= 11 is 0. The Morgan fingerprint density at radius 1 is 1.38 bits per heavy atom. The molecule has 0 radical (unpaired) electrons. The highest BCUT2D eigenvalue weighted by atomic mass is 32.2. The van der Waals surface area contributed by atoms with Gasteiger partial charge in [0.15, 0.2) is 5.75 Å². The highest BCUT2D eigenvalue weighted by molar-refractivity contribution is 7.86. The van der Waals surface area contributed by atoms with Crippen LogP contribution in [0.15, 0.2) is 28.2 Å². The van der Waals surface area contributed by atoms with Crippen LogP contribution in [0, 0.1) is 5.41 Å². The first-order valence-corrected chi connectivity index (χ1v) is 10.2. The monoisotopic (exact) mass is 345 g/mol. The molecule has 0 amide bonds. The van der Waals surface area contributed by atoms with Crippen LogP contribution in [-0.2, 0) is 16.7 Å². The highest BCUT2D eigenvalue weighted by Crippen LogP contribution is 2.59. The molecule has 0 N–H and O–H groups in total. The zero-order valence-corrected chi connectivity index (χ0v) is 15.0. The molecular formula is C19H23NO3S. The number of fused-ring (bicyclic) bond motifs is 5. The Hall–Kier alpha value is -1.62. The second kappa shape index (κ2) is 5.45. The van der Waals surface area contributed by atoms with E-state index in [0.29, 0.717) is 11.7 Å². The SMILES string of the molecule is CCC/C=C1/CC[C@H]2c3ccc4c(c3CC[C@]12C)C=NS(=O)(=O)O4. The van der Waals surface area contributed by atoms with Gasteiger partial charge in [-0.15, -0.1) is 4.40 Å². The fraction of sp³-hybridized carbons (Fsp3) is 0.526. The van der Waals surface area contributed by atoms with Gasteiger partial charge in [0.2, 0.25) is 0 Å². The van der Waals surface area contributed by atoms with Gasteiger partial charge in [-0.2, -0.15) is 8.42 Å². The Morgan fingerprint density at radius 3 is 3.00 bits per heavy atom. The van der Waals surface area contributed by atoms with Crippen LogP contribution in [0.1, 0.15) is 68.6 Å². The molecule has 5 heteroatoms. The molecular weight excluding hydrogens is 322 g/mol. The molecule has 1 heterocycles. The van der Waals surface area contributed by atoms with Crippen molar-refractivity contribution in [3.8, 4) is 5.75 Å².